The van der Waals surface area contributed by atoms with Gasteiger partial charge in [-0.15, -0.1) is 0 Å². The molecule has 9 heteroatoms. The van der Waals surface area contributed by atoms with Crippen LogP contribution < -0.4 is 5.73 Å². The van der Waals surface area contributed by atoms with Crippen LogP contribution in [-0.2, 0) is 11.5 Å². The number of rotatable bonds is 6. The van der Waals surface area contributed by atoms with Crippen LogP contribution in [0.5, 0.6) is 0 Å². The third-order valence-electron chi connectivity index (χ3n) is 3.26. The molecular weight excluding hydrogens is 324 g/mol. The number of nitro groups is 1. The minimum Gasteiger partial charge on any atom is -0.382 e. The first-order chi connectivity index (χ1) is 10.2. The van der Waals surface area contributed by atoms with Gasteiger partial charge in [0.2, 0.25) is 0 Å². The lowest BCUT2D eigenvalue weighted by Crippen LogP contribution is -2.22. The quantitative estimate of drug-likeness (QED) is 0.375. The standard InChI is InChI=1S/C13H19ClN4O3Si/c1-22(2,3)7-6-21-8-17-12-10(18(19)20)5-4-9(14)11(12)13(15)16-17/h4-5H,6-8H2,1-3H3,(H2,15,16). The van der Waals surface area contributed by atoms with Crippen molar-refractivity contribution in [3.8, 4) is 0 Å². The Balaban J connectivity index is 2.30. The molecule has 0 aliphatic carbocycles. The van der Waals surface area contributed by atoms with E-state index in [9.17, 15) is 10.1 Å². The van der Waals surface area contributed by atoms with Gasteiger partial charge < -0.3 is 10.5 Å². The second kappa shape index (κ2) is 6.23. The number of nitrogens with zero attached hydrogens (tertiary/aromatic N) is 3. The summed E-state index contributed by atoms with van der Waals surface area (Å²) in [7, 11) is -1.19. The molecule has 0 amide bonds. The largest absolute Gasteiger partial charge is 0.382 e. The number of hydrogen-bond donors (Lipinski definition) is 1. The molecule has 0 spiro atoms. The van der Waals surface area contributed by atoms with Crippen molar-refractivity contribution < 1.29 is 9.66 Å². The summed E-state index contributed by atoms with van der Waals surface area (Å²) in [5.74, 6) is 0.164. The molecule has 0 saturated carbocycles. The number of nitrogen functional groups attached to an aromatic ring is 1. The van der Waals surface area contributed by atoms with E-state index in [1.165, 1.54) is 16.8 Å². The molecule has 0 saturated heterocycles. The Hall–Kier alpha value is -1.64. The van der Waals surface area contributed by atoms with Crippen LogP contribution in [0.1, 0.15) is 0 Å². The van der Waals surface area contributed by atoms with E-state index in [-0.39, 0.29) is 18.2 Å². The number of non-ortho nitro benzene ring substituents is 1. The first-order valence-electron chi connectivity index (χ1n) is 6.87. The second-order valence-electron chi connectivity index (χ2n) is 6.28. The minimum absolute atomic E-state index is 0.0857. The van der Waals surface area contributed by atoms with E-state index in [1.807, 2.05) is 0 Å². The molecule has 7 nitrogen and oxygen atoms in total. The summed E-state index contributed by atoms with van der Waals surface area (Å²) in [4.78, 5) is 10.7. The number of fused-ring (bicyclic) bond motifs is 1. The Morgan fingerprint density at radius 2 is 2.14 bits per heavy atom. The Bertz CT molecular complexity index is 711. The van der Waals surface area contributed by atoms with E-state index in [0.29, 0.717) is 22.5 Å². The molecule has 0 unspecified atom stereocenters. The molecule has 0 radical (unpaired) electrons. The average molecular weight is 343 g/mol. The summed E-state index contributed by atoms with van der Waals surface area (Å²) in [6.07, 6.45) is 0. The van der Waals surface area contributed by atoms with Crippen molar-refractivity contribution in [2.75, 3.05) is 12.3 Å². The highest BCUT2D eigenvalue weighted by Crippen LogP contribution is 2.34. The van der Waals surface area contributed by atoms with E-state index < -0.39 is 13.0 Å². The molecule has 1 aromatic carbocycles. The maximum atomic E-state index is 11.2. The molecule has 2 N–H and O–H groups in total. The van der Waals surface area contributed by atoms with Crippen LogP contribution in [0.4, 0.5) is 11.5 Å². The number of nitrogens with two attached hydrogens (primary N) is 1. The predicted octanol–water partition coefficient (Wildman–Crippen LogP) is 3.49. The van der Waals surface area contributed by atoms with Crippen molar-refractivity contribution in [3.05, 3.63) is 27.3 Å². The maximum Gasteiger partial charge on any atom is 0.295 e. The zero-order valence-electron chi connectivity index (χ0n) is 12.8. The van der Waals surface area contributed by atoms with Crippen LogP contribution >= 0.6 is 11.6 Å². The molecule has 1 heterocycles. The summed E-state index contributed by atoms with van der Waals surface area (Å²) in [5.41, 5.74) is 6.04. The van der Waals surface area contributed by atoms with Crippen molar-refractivity contribution in [2.45, 2.75) is 32.4 Å². The molecule has 22 heavy (non-hydrogen) atoms. The highest BCUT2D eigenvalue weighted by molar-refractivity contribution is 6.76. The van der Waals surface area contributed by atoms with Crippen LogP contribution in [-0.4, -0.2) is 29.4 Å². The van der Waals surface area contributed by atoms with E-state index in [1.54, 1.807) is 0 Å². The Morgan fingerprint density at radius 3 is 2.73 bits per heavy atom. The molecule has 1 aromatic heterocycles. The van der Waals surface area contributed by atoms with Crippen LogP contribution in [0.2, 0.25) is 30.7 Å². The molecule has 120 valence electrons. The molecule has 2 rings (SSSR count). The molecule has 0 aliphatic rings. The van der Waals surface area contributed by atoms with E-state index >= 15 is 0 Å². The highest BCUT2D eigenvalue weighted by Gasteiger charge is 2.22. The van der Waals surface area contributed by atoms with Gasteiger partial charge in [-0.1, -0.05) is 31.2 Å². The lowest BCUT2D eigenvalue weighted by atomic mass is 10.2. The minimum atomic E-state index is -1.19. The van der Waals surface area contributed by atoms with Gasteiger partial charge in [-0.2, -0.15) is 5.10 Å². The number of nitro benzene ring substituents is 1. The third-order valence-corrected chi connectivity index (χ3v) is 5.27. The van der Waals surface area contributed by atoms with Gasteiger partial charge >= 0.3 is 0 Å². The number of benzene rings is 1. The normalized spacial score (nSPS) is 12.0. The molecule has 0 aliphatic heterocycles. The monoisotopic (exact) mass is 342 g/mol. The van der Waals surface area contributed by atoms with Crippen LogP contribution in [0.25, 0.3) is 10.9 Å². The smallest absolute Gasteiger partial charge is 0.295 e. The van der Waals surface area contributed by atoms with E-state index in [4.69, 9.17) is 22.1 Å². The van der Waals surface area contributed by atoms with Crippen molar-refractivity contribution in [2.24, 2.45) is 0 Å². The highest BCUT2D eigenvalue weighted by atomic mass is 35.5. The molecule has 0 atom stereocenters. The average Bonchev–Trinajstić information content (AvgIpc) is 2.72. The summed E-state index contributed by atoms with van der Waals surface area (Å²) in [6.45, 7) is 7.46. The van der Waals surface area contributed by atoms with Gasteiger partial charge in [0.25, 0.3) is 5.69 Å². The lowest BCUT2D eigenvalue weighted by molar-refractivity contribution is -0.383. The van der Waals surface area contributed by atoms with Gasteiger partial charge in [0.15, 0.2) is 11.3 Å². The summed E-state index contributed by atoms with van der Waals surface area (Å²) < 4.78 is 7.01. The van der Waals surface area contributed by atoms with Crippen molar-refractivity contribution >= 4 is 42.1 Å². The van der Waals surface area contributed by atoms with Crippen molar-refractivity contribution in [1.29, 1.82) is 0 Å². The predicted molar refractivity (Wildman–Crippen MR) is 89.9 cm³/mol. The number of ether oxygens (including phenoxy) is 1. The topological polar surface area (TPSA) is 96.2 Å². The van der Waals surface area contributed by atoms with Gasteiger partial charge in [-0.25, -0.2) is 4.68 Å². The summed E-state index contributed by atoms with van der Waals surface area (Å²) in [5, 5.41) is 16.0. The second-order valence-corrected chi connectivity index (χ2v) is 12.3. The van der Waals surface area contributed by atoms with Crippen molar-refractivity contribution in [1.82, 2.24) is 9.78 Å². The third kappa shape index (κ3) is 3.57. The zero-order chi connectivity index (χ0) is 16.5. The van der Waals surface area contributed by atoms with Gasteiger partial charge in [0, 0.05) is 20.7 Å². The Labute approximate surface area is 134 Å². The summed E-state index contributed by atoms with van der Waals surface area (Å²) >= 11 is 6.08. The first kappa shape index (κ1) is 16.7. The van der Waals surface area contributed by atoms with Gasteiger partial charge in [-0.3, -0.25) is 10.1 Å². The Kier molecular flexibility index (Phi) is 4.74. The number of aromatic nitrogens is 2. The molecular formula is C13H19ClN4O3Si. The maximum absolute atomic E-state index is 11.2. The van der Waals surface area contributed by atoms with Crippen molar-refractivity contribution in [3.63, 3.8) is 0 Å². The zero-order valence-corrected chi connectivity index (χ0v) is 14.6. The number of anilines is 1. The fourth-order valence-electron chi connectivity index (χ4n) is 2.06. The van der Waals surface area contributed by atoms with Gasteiger partial charge in [0.1, 0.15) is 6.73 Å². The van der Waals surface area contributed by atoms with Gasteiger partial charge in [-0.05, 0) is 12.1 Å². The lowest BCUT2D eigenvalue weighted by Gasteiger charge is -2.15. The summed E-state index contributed by atoms with van der Waals surface area (Å²) in [6, 6.07) is 3.81. The fraction of sp³-hybridized carbons (Fsp3) is 0.462. The van der Waals surface area contributed by atoms with Crippen LogP contribution in [0.3, 0.4) is 0 Å². The molecule has 2 aromatic rings. The Morgan fingerprint density at radius 1 is 1.45 bits per heavy atom. The number of hydrogen-bond acceptors (Lipinski definition) is 5. The van der Waals surface area contributed by atoms with Gasteiger partial charge in [0.05, 0.1) is 15.3 Å². The number of halogens is 1. The van der Waals surface area contributed by atoms with Crippen LogP contribution in [0, 0.1) is 10.1 Å². The van der Waals surface area contributed by atoms with Crippen LogP contribution in [0.15, 0.2) is 12.1 Å². The molecule has 0 fully saturated rings. The first-order valence-corrected chi connectivity index (χ1v) is 11.0. The molecule has 0 bridgehead atoms. The van der Waals surface area contributed by atoms with E-state index in [0.717, 1.165) is 6.04 Å². The fourth-order valence-corrected chi connectivity index (χ4v) is 3.07. The van der Waals surface area contributed by atoms with E-state index in [2.05, 4.69) is 24.7 Å². The SMILES string of the molecule is C[Si](C)(C)CCOCn1nc(N)c2c(Cl)ccc([N+](=O)[O-])c21.